The van der Waals surface area contributed by atoms with Crippen LogP contribution in [0.4, 0.5) is 0 Å². The Hall–Kier alpha value is -1.86. The van der Waals surface area contributed by atoms with Crippen molar-refractivity contribution in [1.29, 1.82) is 0 Å². The number of ether oxygens (including phenoxy) is 1. The van der Waals surface area contributed by atoms with Crippen LogP contribution >= 0.6 is 0 Å². The van der Waals surface area contributed by atoms with Crippen molar-refractivity contribution in [2.45, 2.75) is 31.6 Å². The second kappa shape index (κ2) is 6.57. The summed E-state index contributed by atoms with van der Waals surface area (Å²) in [5.74, 6) is 0.716. The van der Waals surface area contributed by atoms with Crippen molar-refractivity contribution < 1.29 is 17.6 Å². The van der Waals surface area contributed by atoms with Crippen molar-refractivity contribution in [2.75, 3.05) is 19.7 Å². The van der Waals surface area contributed by atoms with Gasteiger partial charge in [-0.3, -0.25) is 0 Å². The molecule has 2 aromatic rings. The van der Waals surface area contributed by atoms with Crippen LogP contribution in [0.3, 0.4) is 0 Å². The summed E-state index contributed by atoms with van der Waals surface area (Å²) in [5, 5.41) is 0.532. The zero-order valence-corrected chi connectivity index (χ0v) is 14.6. The Morgan fingerprint density at radius 2 is 2.17 bits per heavy atom. The van der Waals surface area contributed by atoms with E-state index in [1.807, 2.05) is 13.8 Å². The molecule has 1 aromatic carbocycles. The summed E-state index contributed by atoms with van der Waals surface area (Å²) in [4.78, 5) is 12.0. The maximum absolute atomic E-state index is 12.8. The van der Waals surface area contributed by atoms with E-state index in [-0.39, 0.29) is 16.4 Å². The predicted octanol–water partition coefficient (Wildman–Crippen LogP) is 2.61. The molecule has 0 saturated carbocycles. The zero-order chi connectivity index (χ0) is 17.3. The fourth-order valence-electron chi connectivity index (χ4n) is 3.05. The molecule has 3 rings (SSSR count). The van der Waals surface area contributed by atoms with Gasteiger partial charge >= 0.3 is 5.63 Å². The first-order valence-electron chi connectivity index (χ1n) is 8.13. The molecule has 1 atom stereocenters. The van der Waals surface area contributed by atoms with Crippen LogP contribution in [0.1, 0.15) is 26.7 Å². The molecule has 0 N–H and O–H groups in total. The third-order valence-electron chi connectivity index (χ3n) is 4.23. The third kappa shape index (κ3) is 3.06. The molecule has 1 saturated heterocycles. The summed E-state index contributed by atoms with van der Waals surface area (Å²) in [6, 6.07) is 6.53. The molecule has 2 heterocycles. The van der Waals surface area contributed by atoms with Gasteiger partial charge in [0.2, 0.25) is 10.0 Å². The first-order chi connectivity index (χ1) is 11.4. The van der Waals surface area contributed by atoms with E-state index in [1.165, 1.54) is 10.4 Å². The largest absolute Gasteiger partial charge is 0.490 e. The van der Waals surface area contributed by atoms with E-state index in [1.54, 1.807) is 18.2 Å². The van der Waals surface area contributed by atoms with E-state index in [2.05, 4.69) is 0 Å². The Balaban J connectivity index is 2.10. The highest BCUT2D eigenvalue weighted by Crippen LogP contribution is 2.28. The van der Waals surface area contributed by atoms with Gasteiger partial charge in [0.05, 0.1) is 6.61 Å². The van der Waals surface area contributed by atoms with Gasteiger partial charge in [0.1, 0.15) is 0 Å². The van der Waals surface area contributed by atoms with Crippen LogP contribution in [0.15, 0.2) is 38.4 Å². The molecule has 0 aliphatic carbocycles. The summed E-state index contributed by atoms with van der Waals surface area (Å²) in [6.07, 6.45) is 1.80. The second-order valence-electron chi connectivity index (χ2n) is 6.12. The lowest BCUT2D eigenvalue weighted by atomic mass is 10.0. The van der Waals surface area contributed by atoms with E-state index in [4.69, 9.17) is 9.15 Å². The molecule has 0 radical (unpaired) electrons. The van der Waals surface area contributed by atoms with Crippen LogP contribution in [0.2, 0.25) is 0 Å². The minimum Gasteiger partial charge on any atom is -0.490 e. The lowest BCUT2D eigenvalue weighted by Gasteiger charge is -2.29. The normalized spacial score (nSPS) is 19.5. The predicted molar refractivity (Wildman–Crippen MR) is 90.8 cm³/mol. The number of piperidine rings is 1. The molecule has 130 valence electrons. The van der Waals surface area contributed by atoms with Crippen molar-refractivity contribution in [3.63, 3.8) is 0 Å². The molecular formula is C17H21NO5S. The fourth-order valence-corrected chi connectivity index (χ4v) is 4.68. The van der Waals surface area contributed by atoms with Crippen LogP contribution in [-0.2, 0) is 10.0 Å². The van der Waals surface area contributed by atoms with Crippen molar-refractivity contribution in [3.05, 3.63) is 34.7 Å². The fraction of sp³-hybridized carbons (Fsp3) is 0.471. The molecule has 1 aliphatic rings. The van der Waals surface area contributed by atoms with Crippen molar-refractivity contribution >= 4 is 21.0 Å². The highest BCUT2D eigenvalue weighted by molar-refractivity contribution is 7.89. The van der Waals surface area contributed by atoms with Gasteiger partial charge < -0.3 is 9.15 Å². The van der Waals surface area contributed by atoms with Crippen LogP contribution in [0.25, 0.3) is 11.0 Å². The number of hydrogen-bond donors (Lipinski definition) is 0. The van der Waals surface area contributed by atoms with Crippen molar-refractivity contribution in [1.82, 2.24) is 4.31 Å². The maximum Gasteiger partial charge on any atom is 0.356 e. The molecule has 24 heavy (non-hydrogen) atoms. The number of rotatable bonds is 4. The highest BCUT2D eigenvalue weighted by atomic mass is 32.2. The molecule has 1 aromatic heterocycles. The first kappa shape index (κ1) is 17.0. The Morgan fingerprint density at radius 1 is 1.38 bits per heavy atom. The minimum absolute atomic E-state index is 0.273. The number of benzene rings is 1. The van der Waals surface area contributed by atoms with Crippen LogP contribution in [0, 0.1) is 5.92 Å². The average Bonchev–Trinajstić information content (AvgIpc) is 2.55. The second-order valence-corrected chi connectivity index (χ2v) is 8.02. The molecule has 1 fully saturated rings. The van der Waals surface area contributed by atoms with E-state index in [0.717, 1.165) is 12.8 Å². The van der Waals surface area contributed by atoms with E-state index in [0.29, 0.717) is 30.8 Å². The average molecular weight is 351 g/mol. The highest BCUT2D eigenvalue weighted by Gasteiger charge is 2.31. The molecule has 0 amide bonds. The first-order valence-corrected chi connectivity index (χ1v) is 9.57. The smallest absolute Gasteiger partial charge is 0.356 e. The van der Waals surface area contributed by atoms with Crippen LogP contribution in [-0.4, -0.2) is 32.4 Å². The summed E-state index contributed by atoms with van der Waals surface area (Å²) in [6.45, 7) is 5.13. The molecule has 7 heteroatoms. The third-order valence-corrected chi connectivity index (χ3v) is 6.08. The van der Waals surface area contributed by atoms with E-state index < -0.39 is 15.6 Å². The van der Waals surface area contributed by atoms with Crippen molar-refractivity contribution in [2.24, 2.45) is 5.92 Å². The van der Waals surface area contributed by atoms with Gasteiger partial charge in [0.25, 0.3) is 0 Å². The van der Waals surface area contributed by atoms with Gasteiger partial charge in [-0.1, -0.05) is 19.1 Å². The van der Waals surface area contributed by atoms with Gasteiger partial charge in [-0.25, -0.2) is 13.2 Å². The number of sulfonamides is 1. The zero-order valence-electron chi connectivity index (χ0n) is 13.8. The van der Waals surface area contributed by atoms with E-state index >= 15 is 0 Å². The molecule has 6 nitrogen and oxygen atoms in total. The molecule has 0 bridgehead atoms. The standard InChI is InChI=1S/C17H21NO5S/c1-3-22-14-8-4-7-13-10-15(17(19)23-16(13)14)24(20,21)18-9-5-6-12(2)11-18/h4,7-8,10,12H,3,5-6,9,11H2,1-2H3/t12-/m0/s1. The maximum atomic E-state index is 12.8. The summed E-state index contributed by atoms with van der Waals surface area (Å²) in [7, 11) is -3.86. The lowest BCUT2D eigenvalue weighted by Crippen LogP contribution is -2.40. The van der Waals surface area contributed by atoms with E-state index in [9.17, 15) is 13.2 Å². The number of nitrogens with zero attached hydrogens (tertiary/aromatic N) is 1. The van der Waals surface area contributed by atoms with Gasteiger partial charge in [0, 0.05) is 18.5 Å². The van der Waals surface area contributed by atoms with Gasteiger partial charge in [0.15, 0.2) is 16.2 Å². The van der Waals surface area contributed by atoms with Gasteiger partial charge in [-0.15, -0.1) is 0 Å². The summed E-state index contributed by atoms with van der Waals surface area (Å²) in [5.41, 5.74) is -0.580. The van der Waals surface area contributed by atoms with Gasteiger partial charge in [-0.2, -0.15) is 4.31 Å². The summed E-state index contributed by atoms with van der Waals surface area (Å²) < 4.78 is 37.8. The molecule has 0 spiro atoms. The van der Waals surface area contributed by atoms with Gasteiger partial charge in [-0.05, 0) is 37.8 Å². The monoisotopic (exact) mass is 351 g/mol. The quantitative estimate of drug-likeness (QED) is 0.792. The minimum atomic E-state index is -3.86. The van der Waals surface area contributed by atoms with Crippen molar-refractivity contribution in [3.8, 4) is 5.75 Å². The Bertz CT molecular complexity index is 903. The number of para-hydroxylation sites is 1. The summed E-state index contributed by atoms with van der Waals surface area (Å²) >= 11 is 0. The Kier molecular flexibility index (Phi) is 4.64. The Morgan fingerprint density at radius 3 is 2.88 bits per heavy atom. The lowest BCUT2D eigenvalue weighted by molar-refractivity contribution is 0.280. The van der Waals surface area contributed by atoms with Crippen LogP contribution < -0.4 is 10.4 Å². The number of hydrogen-bond acceptors (Lipinski definition) is 5. The molecule has 0 unspecified atom stereocenters. The Labute approximate surface area is 141 Å². The SMILES string of the molecule is CCOc1cccc2cc(S(=O)(=O)N3CCC[C@H](C)C3)c(=O)oc12. The number of fused-ring (bicyclic) bond motifs is 1. The van der Waals surface area contributed by atoms with Crippen LogP contribution in [0.5, 0.6) is 5.75 Å². The molecule has 1 aliphatic heterocycles. The molecular weight excluding hydrogens is 330 g/mol. The topological polar surface area (TPSA) is 76.8 Å².